The lowest BCUT2D eigenvalue weighted by Crippen LogP contribution is -2.20. The second-order valence-corrected chi connectivity index (χ2v) is 7.19. The molecule has 0 saturated carbocycles. The minimum absolute atomic E-state index is 0.142. The number of amides is 1. The minimum Gasteiger partial charge on any atom is -0.324 e. The summed E-state index contributed by atoms with van der Waals surface area (Å²) >= 11 is 12.1. The Balaban J connectivity index is 1.77. The van der Waals surface area contributed by atoms with E-state index in [1.165, 1.54) is 0 Å². The zero-order valence-electron chi connectivity index (χ0n) is 15.0. The Morgan fingerprint density at radius 1 is 1.11 bits per heavy atom. The summed E-state index contributed by atoms with van der Waals surface area (Å²) in [6.07, 6.45) is 2.41. The monoisotopic (exact) mass is 413 g/mol. The highest BCUT2D eigenvalue weighted by molar-refractivity contribution is 6.30. The van der Waals surface area contributed by atoms with E-state index in [9.17, 15) is 4.79 Å². The lowest BCUT2D eigenvalue weighted by molar-refractivity contribution is -0.115. The molecular formula is C20H17Cl2N5O. The van der Waals surface area contributed by atoms with Crippen LogP contribution in [0, 0.1) is 0 Å². The van der Waals surface area contributed by atoms with Gasteiger partial charge in [-0.2, -0.15) is 4.98 Å². The van der Waals surface area contributed by atoms with Crippen LogP contribution in [-0.2, 0) is 4.79 Å². The maximum atomic E-state index is 11.7. The van der Waals surface area contributed by atoms with Crippen molar-refractivity contribution in [1.82, 2.24) is 14.8 Å². The molecule has 0 bridgehead atoms. The maximum absolute atomic E-state index is 11.7. The lowest BCUT2D eigenvalue weighted by Gasteiger charge is -2.24. The fraction of sp³-hybridized carbons (Fsp3) is 0.150. The quantitative estimate of drug-likeness (QED) is 0.631. The van der Waals surface area contributed by atoms with E-state index < -0.39 is 0 Å². The molecule has 1 aliphatic rings. The lowest BCUT2D eigenvalue weighted by atomic mass is 10.0. The molecule has 0 radical (unpaired) electrons. The van der Waals surface area contributed by atoms with Crippen molar-refractivity contribution in [2.75, 3.05) is 10.6 Å². The van der Waals surface area contributed by atoms with Gasteiger partial charge < -0.3 is 5.32 Å². The van der Waals surface area contributed by atoms with Crippen LogP contribution in [0.15, 0.2) is 54.6 Å². The first-order valence-corrected chi connectivity index (χ1v) is 9.55. The van der Waals surface area contributed by atoms with Crippen molar-refractivity contribution in [2.45, 2.75) is 19.4 Å². The number of rotatable bonds is 4. The molecule has 142 valence electrons. The number of carbonyl (C=O) groups is 1. The Labute approximate surface area is 172 Å². The highest BCUT2D eigenvalue weighted by Crippen LogP contribution is 2.33. The van der Waals surface area contributed by atoms with Crippen LogP contribution in [0.5, 0.6) is 0 Å². The third-order valence-corrected chi connectivity index (χ3v) is 4.91. The van der Waals surface area contributed by atoms with Gasteiger partial charge in [-0.3, -0.25) is 10.1 Å². The summed E-state index contributed by atoms with van der Waals surface area (Å²) in [4.78, 5) is 16.2. The Bertz CT molecular complexity index is 1040. The van der Waals surface area contributed by atoms with Gasteiger partial charge >= 0.3 is 0 Å². The largest absolute Gasteiger partial charge is 0.324 e. The number of hydrogen-bond donors (Lipinski definition) is 2. The molecule has 28 heavy (non-hydrogen) atoms. The Morgan fingerprint density at radius 3 is 2.39 bits per heavy atom. The molecule has 2 N–H and O–H groups in total. The van der Waals surface area contributed by atoms with Crippen LogP contribution >= 0.6 is 23.2 Å². The molecule has 1 atom stereocenters. The van der Waals surface area contributed by atoms with E-state index in [0.29, 0.717) is 22.4 Å². The zero-order valence-corrected chi connectivity index (χ0v) is 16.5. The van der Waals surface area contributed by atoms with Crippen LogP contribution in [0.2, 0.25) is 10.0 Å². The van der Waals surface area contributed by atoms with Crippen LogP contribution < -0.4 is 10.6 Å². The highest BCUT2D eigenvalue weighted by Gasteiger charge is 2.25. The van der Waals surface area contributed by atoms with E-state index >= 15 is 0 Å². The smallest absolute Gasteiger partial charge is 0.250 e. The van der Waals surface area contributed by atoms with Gasteiger partial charge in [0.1, 0.15) is 6.04 Å². The predicted molar refractivity (Wildman–Crippen MR) is 112 cm³/mol. The van der Waals surface area contributed by atoms with E-state index in [-0.39, 0.29) is 17.9 Å². The zero-order chi connectivity index (χ0) is 19.7. The van der Waals surface area contributed by atoms with E-state index in [1.807, 2.05) is 48.5 Å². The number of halogens is 2. The van der Waals surface area contributed by atoms with Gasteiger partial charge in [0, 0.05) is 22.2 Å². The van der Waals surface area contributed by atoms with Gasteiger partial charge in [0.15, 0.2) is 0 Å². The molecule has 3 aromatic rings. The third-order valence-electron chi connectivity index (χ3n) is 4.40. The Kier molecular flexibility index (Phi) is 5.07. The molecule has 4 rings (SSSR count). The molecule has 2 aromatic carbocycles. The van der Waals surface area contributed by atoms with Crippen LogP contribution in [0.25, 0.3) is 5.70 Å². The summed E-state index contributed by atoms with van der Waals surface area (Å²) in [6, 6.07) is 14.9. The van der Waals surface area contributed by atoms with Crippen molar-refractivity contribution in [2.24, 2.45) is 0 Å². The molecule has 1 aliphatic heterocycles. The summed E-state index contributed by atoms with van der Waals surface area (Å²) in [7, 11) is 0. The van der Waals surface area contributed by atoms with Crippen molar-refractivity contribution < 1.29 is 4.79 Å². The van der Waals surface area contributed by atoms with Gasteiger partial charge in [-0.25, -0.2) is 4.68 Å². The van der Waals surface area contributed by atoms with Gasteiger partial charge in [-0.1, -0.05) is 54.4 Å². The van der Waals surface area contributed by atoms with E-state index in [0.717, 1.165) is 16.8 Å². The second kappa shape index (κ2) is 7.66. The van der Waals surface area contributed by atoms with Gasteiger partial charge in [0.05, 0.1) is 0 Å². The fourth-order valence-electron chi connectivity index (χ4n) is 2.95. The number of nitrogens with zero attached hydrogens (tertiary/aromatic N) is 3. The maximum Gasteiger partial charge on any atom is 0.250 e. The van der Waals surface area contributed by atoms with E-state index in [2.05, 4.69) is 26.8 Å². The number of fused-ring (bicyclic) bond motifs is 1. The number of benzene rings is 2. The standard InChI is InChI=1S/C20H17Cl2N5O/c1-2-18(28)24-19-25-20-23-16(12-3-7-14(21)8-4-12)11-17(27(20)26-19)13-5-9-15(22)10-6-13/h3-11,17H,2H2,1H3,(H2,23,24,25,26,28)/t17-/m1/s1. The van der Waals surface area contributed by atoms with Crippen molar-refractivity contribution in [3.8, 4) is 0 Å². The summed E-state index contributed by atoms with van der Waals surface area (Å²) < 4.78 is 1.74. The molecule has 0 aliphatic carbocycles. The molecule has 0 saturated heterocycles. The summed E-state index contributed by atoms with van der Waals surface area (Å²) in [5.74, 6) is 0.662. The molecular weight excluding hydrogens is 397 g/mol. The summed E-state index contributed by atoms with van der Waals surface area (Å²) in [5, 5.41) is 11.8. The SMILES string of the molecule is CCC(=O)Nc1nc2n(n1)[C@@H](c1ccc(Cl)cc1)C=C(c1ccc(Cl)cc1)N2. The first-order chi connectivity index (χ1) is 13.5. The van der Waals surface area contributed by atoms with Crippen molar-refractivity contribution >= 4 is 46.7 Å². The summed E-state index contributed by atoms with van der Waals surface area (Å²) in [5.41, 5.74) is 2.85. The molecule has 0 spiro atoms. The first-order valence-electron chi connectivity index (χ1n) is 8.80. The normalized spacial score (nSPS) is 15.4. The molecule has 0 fully saturated rings. The number of carbonyl (C=O) groups excluding carboxylic acids is 1. The van der Waals surface area contributed by atoms with Gasteiger partial charge in [0.25, 0.3) is 5.95 Å². The van der Waals surface area contributed by atoms with Gasteiger partial charge in [-0.05, 0) is 41.5 Å². The first kappa shape index (κ1) is 18.5. The van der Waals surface area contributed by atoms with Gasteiger partial charge in [0.2, 0.25) is 11.9 Å². The molecule has 1 amide bonds. The van der Waals surface area contributed by atoms with E-state index in [4.69, 9.17) is 23.2 Å². The fourth-order valence-corrected chi connectivity index (χ4v) is 3.21. The third kappa shape index (κ3) is 3.74. The van der Waals surface area contributed by atoms with Gasteiger partial charge in [-0.15, -0.1) is 5.10 Å². The van der Waals surface area contributed by atoms with Crippen molar-refractivity contribution in [3.05, 3.63) is 75.8 Å². The number of allylic oxidation sites excluding steroid dienone is 1. The number of aromatic nitrogens is 3. The average molecular weight is 414 g/mol. The molecule has 6 nitrogen and oxygen atoms in total. The van der Waals surface area contributed by atoms with Crippen LogP contribution in [0.1, 0.15) is 30.5 Å². The predicted octanol–water partition coefficient (Wildman–Crippen LogP) is 4.99. The van der Waals surface area contributed by atoms with Crippen LogP contribution in [0.4, 0.5) is 11.9 Å². The van der Waals surface area contributed by atoms with E-state index in [1.54, 1.807) is 11.6 Å². The average Bonchev–Trinajstić information content (AvgIpc) is 3.10. The van der Waals surface area contributed by atoms with Crippen molar-refractivity contribution in [3.63, 3.8) is 0 Å². The number of anilines is 2. The summed E-state index contributed by atoms with van der Waals surface area (Å²) in [6.45, 7) is 1.78. The molecule has 2 heterocycles. The Hall–Kier alpha value is -2.83. The molecule has 1 aromatic heterocycles. The molecule has 8 heteroatoms. The topological polar surface area (TPSA) is 71.8 Å². The Morgan fingerprint density at radius 2 is 1.75 bits per heavy atom. The number of nitrogens with one attached hydrogen (secondary N) is 2. The second-order valence-electron chi connectivity index (χ2n) is 6.31. The van der Waals surface area contributed by atoms with Crippen molar-refractivity contribution in [1.29, 1.82) is 0 Å². The number of hydrogen-bond acceptors (Lipinski definition) is 4. The minimum atomic E-state index is -0.209. The van der Waals surface area contributed by atoms with Crippen LogP contribution in [0.3, 0.4) is 0 Å². The van der Waals surface area contributed by atoms with Crippen LogP contribution in [-0.4, -0.2) is 20.7 Å². The highest BCUT2D eigenvalue weighted by atomic mass is 35.5. The molecule has 0 unspecified atom stereocenters.